The van der Waals surface area contributed by atoms with Crippen molar-refractivity contribution in [2.75, 3.05) is 13.1 Å². The van der Waals surface area contributed by atoms with Gasteiger partial charge in [0.05, 0.1) is 30.5 Å². The molecule has 2 heterocycles. The minimum absolute atomic E-state index is 0.0332. The second kappa shape index (κ2) is 15.8. The number of nitrogens with one attached hydrogen (secondary N) is 3. The van der Waals surface area contributed by atoms with E-state index in [9.17, 15) is 42.3 Å². The number of alkyl halides is 3. The van der Waals surface area contributed by atoms with Crippen molar-refractivity contribution >= 4 is 35.6 Å². The highest BCUT2D eigenvalue weighted by molar-refractivity contribution is 6.04. The first-order valence-corrected chi connectivity index (χ1v) is 24.6. The molecule has 1 saturated heterocycles. The number of aromatic nitrogens is 2. The number of halogens is 3. The number of aromatic amines is 1. The molecular formula is C51H72F3N5O9. The van der Waals surface area contributed by atoms with Crippen LogP contribution in [0.2, 0.25) is 0 Å². The monoisotopic (exact) mass is 956 g/mol. The van der Waals surface area contributed by atoms with Gasteiger partial charge in [0.2, 0.25) is 5.91 Å². The lowest BCUT2D eigenvalue weighted by Gasteiger charge is -2.72. The Labute approximate surface area is 397 Å². The maximum atomic E-state index is 15.0. The van der Waals surface area contributed by atoms with Crippen LogP contribution in [0.3, 0.4) is 0 Å². The van der Waals surface area contributed by atoms with Crippen molar-refractivity contribution in [3.8, 4) is 0 Å². The van der Waals surface area contributed by atoms with Crippen LogP contribution < -0.4 is 10.6 Å². The molecule has 0 spiro atoms. The Morgan fingerprint density at radius 3 is 2.09 bits per heavy atom. The predicted octanol–water partition coefficient (Wildman–Crippen LogP) is 8.66. The van der Waals surface area contributed by atoms with Gasteiger partial charge in [-0.2, -0.15) is 18.3 Å². The Morgan fingerprint density at radius 1 is 0.853 bits per heavy atom. The number of nitrogens with zero attached hydrogens (tertiary/aromatic N) is 2. The van der Waals surface area contributed by atoms with E-state index in [1.807, 2.05) is 32.8 Å². The number of allylic oxidation sites excluding steroid dienone is 1. The summed E-state index contributed by atoms with van der Waals surface area (Å²) < 4.78 is 52.5. The summed E-state index contributed by atoms with van der Waals surface area (Å²) in [7, 11) is 0. The average Bonchev–Trinajstić information content (AvgIpc) is 3.80. The van der Waals surface area contributed by atoms with Gasteiger partial charge in [0, 0.05) is 17.9 Å². The molecule has 376 valence electrons. The van der Waals surface area contributed by atoms with Gasteiger partial charge >= 0.3 is 24.2 Å². The van der Waals surface area contributed by atoms with E-state index < -0.39 is 75.4 Å². The Morgan fingerprint density at radius 2 is 1.51 bits per heavy atom. The fourth-order valence-corrected chi connectivity index (χ4v) is 15.4. The van der Waals surface area contributed by atoms with Crippen LogP contribution in [0, 0.1) is 62.6 Å². The highest BCUT2D eigenvalue weighted by atomic mass is 19.4. The molecule has 0 unspecified atom stereocenters. The van der Waals surface area contributed by atoms with Crippen molar-refractivity contribution in [2.45, 2.75) is 176 Å². The number of ether oxygens (including phenoxy) is 2. The van der Waals surface area contributed by atoms with E-state index >= 15 is 4.79 Å². The third-order valence-electron chi connectivity index (χ3n) is 19.3. The highest BCUT2D eigenvalue weighted by Crippen LogP contribution is 2.76. The Balaban J connectivity index is 1.06. The second-order valence-electron chi connectivity index (χ2n) is 25.1. The summed E-state index contributed by atoms with van der Waals surface area (Å²) in [6.07, 6.45) is 0.713. The number of esters is 1. The molecule has 8 rings (SSSR count). The molecule has 7 aliphatic rings. The molecular weight excluding hydrogens is 884 g/mol. The van der Waals surface area contributed by atoms with Crippen molar-refractivity contribution < 1.29 is 56.5 Å². The molecule has 6 aliphatic carbocycles. The van der Waals surface area contributed by atoms with E-state index in [4.69, 9.17) is 9.47 Å². The van der Waals surface area contributed by atoms with Crippen LogP contribution in [0.1, 0.15) is 163 Å². The fraction of sp³-hybridized carbons (Fsp3) is 0.784. The number of carbonyl (C=O) groups is 6. The van der Waals surface area contributed by atoms with E-state index in [0.717, 1.165) is 37.7 Å². The largest absolute Gasteiger partial charge is 0.481 e. The first-order chi connectivity index (χ1) is 31.2. The third-order valence-corrected chi connectivity index (χ3v) is 19.3. The second-order valence-corrected chi connectivity index (χ2v) is 25.1. The van der Waals surface area contributed by atoms with E-state index in [0.29, 0.717) is 36.8 Å². The van der Waals surface area contributed by atoms with E-state index in [1.54, 1.807) is 20.8 Å². The van der Waals surface area contributed by atoms with Crippen molar-refractivity contribution in [3.63, 3.8) is 0 Å². The number of carboxylic acid groups (broad SMARTS) is 1. The zero-order chi connectivity index (χ0) is 50.3. The standard InChI is InChI=1S/C51H72F3N5O9/c1-26(2)36-31(60)23-49(56-41(65)50(24-59(25-50)42(66)68-43(3,4)5)55-38(61)30-22-34(58-57-30)51(52,53)54)20-19-47(11)27(37(36)49)13-14-33-46(10)17-16-35(45(8,9)32(46)15-18-48(33,47)12)67-40(64)29-21-28(39(62)63)44(29,6)7/h22,26-29,32-33,35H,13-21,23-25H2,1-12H3,(H,55,61)(H,56,65)(H,57,58)(H,62,63)/t27-,28+,29-,32+,33-,35+,46+,47-,48-,49-/m1/s1. The first kappa shape index (κ1) is 50.0. The molecule has 4 N–H and O–H groups in total. The van der Waals surface area contributed by atoms with Crippen molar-refractivity contribution in [1.82, 2.24) is 25.7 Å². The molecule has 68 heavy (non-hydrogen) atoms. The molecule has 6 fully saturated rings. The number of carboxylic acids is 1. The lowest BCUT2D eigenvalue weighted by molar-refractivity contribution is -0.235. The van der Waals surface area contributed by atoms with Crippen LogP contribution in [0.15, 0.2) is 17.2 Å². The molecule has 1 aromatic heterocycles. The van der Waals surface area contributed by atoms with Gasteiger partial charge in [-0.15, -0.1) is 0 Å². The van der Waals surface area contributed by atoms with Crippen LogP contribution in [-0.4, -0.2) is 91.7 Å². The molecule has 10 atom stereocenters. The third kappa shape index (κ3) is 7.49. The van der Waals surface area contributed by atoms with Crippen LogP contribution >= 0.6 is 0 Å². The molecule has 0 radical (unpaired) electrons. The van der Waals surface area contributed by atoms with Gasteiger partial charge in [-0.25, -0.2) is 4.79 Å². The number of carbonyl (C=O) groups excluding carboxylic acids is 5. The number of hydrogen-bond acceptors (Lipinski definition) is 9. The zero-order valence-electron chi connectivity index (χ0n) is 41.8. The van der Waals surface area contributed by atoms with E-state index in [-0.39, 0.29) is 83.2 Å². The SMILES string of the molecule is CC(C)C1=C2[C@H]3CC[C@@H]4[C@@]5(C)CC[C@H](OC(=O)[C@H]6C[C@@H](C(=O)O)C6(C)C)C(C)(C)[C@@H]5CC[C@@]4(C)[C@]3(C)CC[C@@]2(NC(=O)C2(NC(=O)c3cc(C(F)(F)F)[nH]n3)CN(C(=O)OC(C)(C)C)C2)CC1=O. The van der Waals surface area contributed by atoms with E-state index in [1.165, 1.54) is 4.90 Å². The summed E-state index contributed by atoms with van der Waals surface area (Å²) in [5.74, 6) is -3.62. The number of fused-ring (bicyclic) bond motifs is 7. The van der Waals surface area contributed by atoms with Crippen LogP contribution in [-0.2, 0) is 34.8 Å². The maximum Gasteiger partial charge on any atom is 0.432 e. The van der Waals surface area contributed by atoms with E-state index in [2.05, 4.69) is 50.4 Å². The number of H-pyrrole nitrogens is 1. The van der Waals surface area contributed by atoms with Crippen LogP contribution in [0.5, 0.6) is 0 Å². The lowest BCUT2D eigenvalue weighted by Crippen LogP contribution is -2.79. The number of Topliss-reactive ketones (excluding diaryl/α,β-unsaturated/α-hetero) is 1. The fourth-order valence-electron chi connectivity index (χ4n) is 15.4. The predicted molar refractivity (Wildman–Crippen MR) is 242 cm³/mol. The molecule has 1 aromatic rings. The quantitative estimate of drug-likeness (QED) is 0.183. The summed E-state index contributed by atoms with van der Waals surface area (Å²) in [5, 5.41) is 21.1. The molecule has 17 heteroatoms. The van der Waals surface area contributed by atoms with Gasteiger partial charge in [0.15, 0.2) is 17.0 Å². The number of ketones is 1. The Bertz CT molecular complexity index is 2340. The average molecular weight is 956 g/mol. The molecule has 0 aromatic carbocycles. The van der Waals surface area contributed by atoms with Crippen molar-refractivity contribution in [1.29, 1.82) is 0 Å². The van der Waals surface area contributed by atoms with Gasteiger partial charge < -0.3 is 30.1 Å². The molecule has 3 amide bonds. The first-order valence-electron chi connectivity index (χ1n) is 24.6. The summed E-state index contributed by atoms with van der Waals surface area (Å²) in [6, 6.07) is 0.569. The van der Waals surface area contributed by atoms with Gasteiger partial charge in [-0.1, -0.05) is 62.3 Å². The highest BCUT2D eigenvalue weighted by Gasteiger charge is 2.71. The summed E-state index contributed by atoms with van der Waals surface area (Å²) in [4.78, 5) is 83.1. The topological polar surface area (TPSA) is 197 Å². The molecule has 14 nitrogen and oxygen atoms in total. The van der Waals surface area contributed by atoms with Crippen LogP contribution in [0.4, 0.5) is 18.0 Å². The number of rotatable bonds is 8. The number of likely N-dealkylation sites (tertiary alicyclic amines) is 1. The minimum Gasteiger partial charge on any atom is -0.481 e. The van der Waals surface area contributed by atoms with Gasteiger partial charge in [0.1, 0.15) is 17.4 Å². The summed E-state index contributed by atoms with van der Waals surface area (Å²) in [6.45, 7) is 23.8. The van der Waals surface area contributed by atoms with Gasteiger partial charge in [-0.3, -0.25) is 29.1 Å². The Kier molecular flexibility index (Phi) is 11.6. The van der Waals surface area contributed by atoms with Gasteiger partial charge in [-0.05, 0) is 135 Å². The zero-order valence-corrected chi connectivity index (χ0v) is 41.8. The number of hydrogen-bond donors (Lipinski definition) is 4. The van der Waals surface area contributed by atoms with Crippen molar-refractivity contribution in [2.24, 2.45) is 62.6 Å². The number of amides is 3. The summed E-state index contributed by atoms with van der Waals surface area (Å²) in [5.41, 5.74) is -5.46. The molecule has 0 bridgehead atoms. The van der Waals surface area contributed by atoms with Crippen molar-refractivity contribution in [3.05, 3.63) is 28.6 Å². The van der Waals surface area contributed by atoms with Crippen LogP contribution in [0.25, 0.3) is 0 Å². The molecule has 1 aliphatic heterocycles. The summed E-state index contributed by atoms with van der Waals surface area (Å²) >= 11 is 0. The minimum atomic E-state index is -4.80. The Hall–Kier alpha value is -4.44. The lowest BCUT2D eigenvalue weighted by atomic mass is 9.33. The smallest absolute Gasteiger partial charge is 0.432 e. The normalized spacial score (nSPS) is 36.8. The van der Waals surface area contributed by atoms with Gasteiger partial charge in [0.25, 0.3) is 5.91 Å². The maximum absolute atomic E-state index is 15.0. The molecule has 5 saturated carbocycles. The number of aliphatic carboxylic acids is 1.